The van der Waals surface area contributed by atoms with E-state index in [0.717, 1.165) is 25.9 Å². The van der Waals surface area contributed by atoms with Gasteiger partial charge in [-0.2, -0.15) is 0 Å². The summed E-state index contributed by atoms with van der Waals surface area (Å²) < 4.78 is 24.9. The van der Waals surface area contributed by atoms with Crippen molar-refractivity contribution in [1.29, 1.82) is 0 Å². The fourth-order valence-corrected chi connectivity index (χ4v) is 4.24. The summed E-state index contributed by atoms with van der Waals surface area (Å²) in [5, 5.41) is 0. The van der Waals surface area contributed by atoms with Crippen molar-refractivity contribution in [2.24, 2.45) is 5.41 Å². The molecule has 2 aliphatic rings. The third-order valence-corrected chi connectivity index (χ3v) is 5.68. The van der Waals surface area contributed by atoms with Crippen molar-refractivity contribution in [1.82, 2.24) is 4.31 Å². The highest BCUT2D eigenvalue weighted by Gasteiger charge is 2.45. The van der Waals surface area contributed by atoms with Crippen molar-refractivity contribution >= 4 is 15.7 Å². The zero-order valence-corrected chi connectivity index (χ0v) is 12.1. The lowest BCUT2D eigenvalue weighted by atomic mass is 9.86. The van der Waals surface area contributed by atoms with Crippen molar-refractivity contribution in [2.75, 3.05) is 37.3 Å². The van der Waals surface area contributed by atoms with Crippen LogP contribution in [0.1, 0.15) is 12.8 Å². The van der Waals surface area contributed by atoms with Crippen molar-refractivity contribution in [3.63, 3.8) is 0 Å². The van der Waals surface area contributed by atoms with Crippen LogP contribution in [0.4, 0.5) is 5.69 Å². The molecule has 0 amide bonds. The van der Waals surface area contributed by atoms with Crippen LogP contribution in [0.15, 0.2) is 30.3 Å². The van der Waals surface area contributed by atoms with Gasteiger partial charge in [0.25, 0.3) is 0 Å². The third kappa shape index (κ3) is 2.49. The highest BCUT2D eigenvalue weighted by atomic mass is 32.2. The van der Waals surface area contributed by atoms with Crippen molar-refractivity contribution in [2.45, 2.75) is 12.8 Å². The molecule has 3 rings (SSSR count). The Hall–Kier alpha value is -1.07. The average Bonchev–Trinajstić information content (AvgIpc) is 2.98. The topological polar surface area (TPSA) is 40.6 Å². The molecule has 5 heteroatoms. The van der Waals surface area contributed by atoms with Gasteiger partial charge in [0.05, 0.1) is 6.26 Å². The molecule has 1 atom stereocenters. The molecule has 19 heavy (non-hydrogen) atoms. The molecule has 1 spiro atoms. The van der Waals surface area contributed by atoms with E-state index in [9.17, 15) is 8.42 Å². The van der Waals surface area contributed by atoms with Crippen LogP contribution in [0.25, 0.3) is 0 Å². The lowest BCUT2D eigenvalue weighted by Crippen LogP contribution is -2.33. The molecule has 104 valence electrons. The van der Waals surface area contributed by atoms with E-state index in [4.69, 9.17) is 0 Å². The van der Waals surface area contributed by atoms with Gasteiger partial charge in [0.2, 0.25) is 10.0 Å². The van der Waals surface area contributed by atoms with Gasteiger partial charge >= 0.3 is 0 Å². The minimum absolute atomic E-state index is 0.166. The van der Waals surface area contributed by atoms with Gasteiger partial charge in [-0.1, -0.05) is 18.2 Å². The Balaban J connectivity index is 1.73. The summed E-state index contributed by atoms with van der Waals surface area (Å²) in [7, 11) is -3.03. The maximum absolute atomic E-state index is 11.6. The van der Waals surface area contributed by atoms with Crippen LogP contribution in [-0.4, -0.2) is 45.2 Å². The Morgan fingerprint density at radius 3 is 2.37 bits per heavy atom. The Labute approximate surface area is 115 Å². The second-order valence-corrected chi connectivity index (χ2v) is 7.84. The molecule has 2 saturated heterocycles. The standard InChI is InChI=1S/C14H20N2O2S/c1-19(17,18)16-10-8-14(12-16)7-9-15(11-14)13-5-3-2-4-6-13/h2-6H,7-12H2,1H3. The largest absolute Gasteiger partial charge is 0.371 e. The first-order chi connectivity index (χ1) is 8.99. The lowest BCUT2D eigenvalue weighted by Gasteiger charge is -2.25. The fraction of sp³-hybridized carbons (Fsp3) is 0.571. The van der Waals surface area contributed by atoms with Crippen LogP contribution in [0.3, 0.4) is 0 Å². The fourth-order valence-electron chi connectivity index (χ4n) is 3.30. The first-order valence-electron chi connectivity index (χ1n) is 6.74. The van der Waals surface area contributed by atoms with Gasteiger partial charge in [0.15, 0.2) is 0 Å². The molecule has 1 aromatic carbocycles. The SMILES string of the molecule is CS(=O)(=O)N1CCC2(CCN(c3ccccc3)C2)C1. The second kappa shape index (κ2) is 4.49. The maximum Gasteiger partial charge on any atom is 0.211 e. The van der Waals surface area contributed by atoms with Crippen LogP contribution in [0.5, 0.6) is 0 Å². The molecule has 2 heterocycles. The summed E-state index contributed by atoms with van der Waals surface area (Å²) in [4.78, 5) is 2.38. The molecule has 2 aliphatic heterocycles. The summed E-state index contributed by atoms with van der Waals surface area (Å²) >= 11 is 0. The Kier molecular flexibility index (Phi) is 3.06. The molecule has 0 aromatic heterocycles. The molecule has 2 fully saturated rings. The van der Waals surface area contributed by atoms with Crippen molar-refractivity contribution < 1.29 is 8.42 Å². The summed E-state index contributed by atoms with van der Waals surface area (Å²) in [5.74, 6) is 0. The van der Waals surface area contributed by atoms with Crippen molar-refractivity contribution in [3.05, 3.63) is 30.3 Å². The molecular formula is C14H20N2O2S. The maximum atomic E-state index is 11.6. The van der Waals surface area contributed by atoms with E-state index in [-0.39, 0.29) is 5.41 Å². The monoisotopic (exact) mass is 280 g/mol. The van der Waals surface area contributed by atoms with E-state index in [2.05, 4.69) is 29.2 Å². The predicted molar refractivity (Wildman–Crippen MR) is 76.7 cm³/mol. The van der Waals surface area contributed by atoms with Crippen LogP contribution in [-0.2, 0) is 10.0 Å². The molecule has 0 bridgehead atoms. The van der Waals surface area contributed by atoms with E-state index >= 15 is 0 Å². The van der Waals surface area contributed by atoms with Crippen LogP contribution in [0, 0.1) is 5.41 Å². The number of para-hydroxylation sites is 1. The number of anilines is 1. The van der Waals surface area contributed by atoms with Crippen LogP contribution >= 0.6 is 0 Å². The summed E-state index contributed by atoms with van der Waals surface area (Å²) in [5.41, 5.74) is 1.41. The average molecular weight is 280 g/mol. The zero-order chi connectivity index (χ0) is 13.5. The van der Waals surface area contributed by atoms with E-state index in [1.165, 1.54) is 11.9 Å². The van der Waals surface area contributed by atoms with Gasteiger partial charge < -0.3 is 4.90 Å². The Morgan fingerprint density at radius 2 is 1.74 bits per heavy atom. The second-order valence-electron chi connectivity index (χ2n) is 5.85. The van der Waals surface area contributed by atoms with Gasteiger partial charge in [0.1, 0.15) is 0 Å². The van der Waals surface area contributed by atoms with Gasteiger partial charge in [0, 0.05) is 37.3 Å². The van der Waals surface area contributed by atoms with E-state index in [1.807, 2.05) is 6.07 Å². The minimum atomic E-state index is -3.03. The Morgan fingerprint density at radius 1 is 1.05 bits per heavy atom. The van der Waals surface area contributed by atoms with Crippen molar-refractivity contribution in [3.8, 4) is 0 Å². The minimum Gasteiger partial charge on any atom is -0.371 e. The molecule has 4 nitrogen and oxygen atoms in total. The Bertz CT molecular complexity index is 558. The smallest absolute Gasteiger partial charge is 0.211 e. The number of sulfonamides is 1. The summed E-state index contributed by atoms with van der Waals surface area (Å²) in [6.07, 6.45) is 3.40. The normalized spacial score (nSPS) is 28.4. The molecule has 0 aliphatic carbocycles. The zero-order valence-electron chi connectivity index (χ0n) is 11.2. The number of benzene rings is 1. The highest BCUT2D eigenvalue weighted by Crippen LogP contribution is 2.41. The van der Waals surface area contributed by atoms with Crippen LogP contribution in [0.2, 0.25) is 0 Å². The first-order valence-corrected chi connectivity index (χ1v) is 8.59. The van der Waals surface area contributed by atoms with Gasteiger partial charge in [-0.3, -0.25) is 0 Å². The molecule has 0 N–H and O–H groups in total. The third-order valence-electron chi connectivity index (χ3n) is 4.43. The summed E-state index contributed by atoms with van der Waals surface area (Å²) in [6, 6.07) is 10.4. The van der Waals surface area contributed by atoms with E-state index in [0.29, 0.717) is 13.1 Å². The molecule has 0 radical (unpaired) electrons. The quantitative estimate of drug-likeness (QED) is 0.825. The van der Waals surface area contributed by atoms with Gasteiger partial charge in [-0.05, 0) is 25.0 Å². The molecular weight excluding hydrogens is 260 g/mol. The molecule has 1 unspecified atom stereocenters. The highest BCUT2D eigenvalue weighted by molar-refractivity contribution is 7.88. The first kappa shape index (κ1) is 12.9. The van der Waals surface area contributed by atoms with Gasteiger partial charge in [-0.15, -0.1) is 0 Å². The summed E-state index contributed by atoms with van der Waals surface area (Å²) in [6.45, 7) is 3.38. The van der Waals surface area contributed by atoms with E-state index < -0.39 is 10.0 Å². The number of hydrogen-bond donors (Lipinski definition) is 0. The lowest BCUT2D eigenvalue weighted by molar-refractivity contribution is 0.342. The van der Waals surface area contributed by atoms with E-state index in [1.54, 1.807) is 4.31 Å². The number of hydrogen-bond acceptors (Lipinski definition) is 3. The predicted octanol–water partition coefficient (Wildman–Crippen LogP) is 1.55. The number of rotatable bonds is 2. The van der Waals surface area contributed by atoms with Gasteiger partial charge in [-0.25, -0.2) is 12.7 Å². The molecule has 0 saturated carbocycles. The number of nitrogens with zero attached hydrogens (tertiary/aromatic N) is 2. The molecule has 1 aromatic rings. The van der Waals surface area contributed by atoms with Crippen LogP contribution < -0.4 is 4.90 Å².